The standard InChI is InChI=1S/C16H16ClNO2/c1-16(2,3)20-15(19)18-10-8-13-11-12(5-4-9-17)6-7-14(13)18/h6-8,10-11H,9H2,1-3H3. The van der Waals surface area contributed by atoms with E-state index in [4.69, 9.17) is 16.3 Å². The molecule has 0 aliphatic heterocycles. The van der Waals surface area contributed by atoms with Crippen LogP contribution >= 0.6 is 11.6 Å². The zero-order chi connectivity index (χ0) is 14.8. The first-order valence-corrected chi connectivity index (χ1v) is 6.83. The number of hydrogen-bond donors (Lipinski definition) is 0. The molecule has 1 heterocycles. The molecule has 1 aromatic heterocycles. The van der Waals surface area contributed by atoms with Crippen LogP contribution in [0.5, 0.6) is 0 Å². The van der Waals surface area contributed by atoms with Gasteiger partial charge >= 0.3 is 6.09 Å². The smallest absolute Gasteiger partial charge is 0.418 e. The second-order valence-corrected chi connectivity index (χ2v) is 5.64. The Labute approximate surface area is 123 Å². The molecule has 0 spiro atoms. The molecule has 0 saturated heterocycles. The lowest BCUT2D eigenvalue weighted by atomic mass is 10.1. The van der Waals surface area contributed by atoms with E-state index in [1.54, 1.807) is 6.20 Å². The summed E-state index contributed by atoms with van der Waals surface area (Å²) in [6.45, 7) is 5.53. The molecule has 0 N–H and O–H groups in total. The fraction of sp³-hybridized carbons (Fsp3) is 0.312. The van der Waals surface area contributed by atoms with Crippen LogP contribution in [0.1, 0.15) is 26.3 Å². The van der Waals surface area contributed by atoms with E-state index in [2.05, 4.69) is 11.8 Å². The summed E-state index contributed by atoms with van der Waals surface area (Å²) in [7, 11) is 0. The molecule has 0 aliphatic carbocycles. The minimum absolute atomic E-state index is 0.303. The Morgan fingerprint density at radius 3 is 2.75 bits per heavy atom. The Bertz CT molecular complexity index is 699. The largest absolute Gasteiger partial charge is 0.443 e. The SMILES string of the molecule is CC(C)(C)OC(=O)n1ccc2cc(C#CCCl)ccc21. The molecule has 0 unspecified atom stereocenters. The first-order valence-electron chi connectivity index (χ1n) is 6.30. The van der Waals surface area contributed by atoms with Gasteiger partial charge in [0.25, 0.3) is 0 Å². The summed E-state index contributed by atoms with van der Waals surface area (Å²) in [6, 6.07) is 7.52. The van der Waals surface area contributed by atoms with Gasteiger partial charge < -0.3 is 4.74 Å². The molecule has 0 aliphatic rings. The number of carbonyl (C=O) groups is 1. The number of hydrogen-bond acceptors (Lipinski definition) is 2. The van der Waals surface area contributed by atoms with Crippen molar-refractivity contribution in [1.82, 2.24) is 4.57 Å². The maximum atomic E-state index is 12.1. The Balaban J connectivity index is 2.36. The van der Waals surface area contributed by atoms with Crippen molar-refractivity contribution in [2.24, 2.45) is 0 Å². The molecule has 2 aromatic rings. The molecule has 0 bridgehead atoms. The minimum Gasteiger partial charge on any atom is -0.443 e. The van der Waals surface area contributed by atoms with Gasteiger partial charge in [0.15, 0.2) is 0 Å². The Morgan fingerprint density at radius 1 is 1.35 bits per heavy atom. The van der Waals surface area contributed by atoms with E-state index in [0.717, 1.165) is 16.5 Å². The molecule has 2 rings (SSSR count). The fourth-order valence-electron chi connectivity index (χ4n) is 1.83. The van der Waals surface area contributed by atoms with E-state index in [0.29, 0.717) is 5.88 Å². The highest BCUT2D eigenvalue weighted by Gasteiger charge is 2.18. The van der Waals surface area contributed by atoms with Crippen LogP contribution < -0.4 is 0 Å². The predicted octanol–water partition coefficient (Wildman–Crippen LogP) is 4.01. The number of halogens is 1. The van der Waals surface area contributed by atoms with Crippen LogP contribution in [-0.2, 0) is 4.74 Å². The highest BCUT2D eigenvalue weighted by molar-refractivity contribution is 6.19. The Hall–Kier alpha value is -1.92. The van der Waals surface area contributed by atoms with E-state index >= 15 is 0 Å². The molecule has 0 amide bonds. The number of rotatable bonds is 0. The van der Waals surface area contributed by atoms with Gasteiger partial charge in [-0.3, -0.25) is 4.57 Å². The molecule has 3 nitrogen and oxygen atoms in total. The van der Waals surface area contributed by atoms with Gasteiger partial charge in [-0.15, -0.1) is 11.6 Å². The predicted molar refractivity (Wildman–Crippen MR) is 81.2 cm³/mol. The van der Waals surface area contributed by atoms with Crippen LogP contribution in [-0.4, -0.2) is 22.1 Å². The van der Waals surface area contributed by atoms with Gasteiger partial charge in [0.1, 0.15) is 5.60 Å². The van der Waals surface area contributed by atoms with Crippen molar-refractivity contribution < 1.29 is 9.53 Å². The van der Waals surface area contributed by atoms with E-state index in [1.165, 1.54) is 4.57 Å². The van der Waals surface area contributed by atoms with Crippen LogP contribution in [0.2, 0.25) is 0 Å². The second-order valence-electron chi connectivity index (χ2n) is 5.38. The molecule has 0 fully saturated rings. The van der Waals surface area contributed by atoms with Crippen LogP contribution in [0.4, 0.5) is 4.79 Å². The third-order valence-corrected chi connectivity index (χ3v) is 2.71. The number of fused-ring (bicyclic) bond motifs is 1. The van der Waals surface area contributed by atoms with E-state index in [-0.39, 0.29) is 6.09 Å². The van der Waals surface area contributed by atoms with Gasteiger partial charge in [0.2, 0.25) is 0 Å². The number of aromatic nitrogens is 1. The third kappa shape index (κ3) is 3.34. The van der Waals surface area contributed by atoms with Gasteiger partial charge in [-0.25, -0.2) is 4.79 Å². The molecule has 0 saturated carbocycles. The van der Waals surface area contributed by atoms with Gasteiger partial charge in [-0.05, 0) is 45.0 Å². The van der Waals surface area contributed by atoms with Gasteiger partial charge in [0.05, 0.1) is 11.4 Å². The Kier molecular flexibility index (Phi) is 4.06. The van der Waals surface area contributed by atoms with E-state index in [1.807, 2.05) is 45.0 Å². The molecule has 4 heteroatoms. The quantitative estimate of drug-likeness (QED) is 0.542. The second kappa shape index (κ2) is 5.60. The first kappa shape index (κ1) is 14.5. The van der Waals surface area contributed by atoms with Crippen molar-refractivity contribution in [3.8, 4) is 11.8 Å². The zero-order valence-corrected chi connectivity index (χ0v) is 12.5. The lowest BCUT2D eigenvalue weighted by Crippen LogP contribution is -2.26. The number of alkyl halides is 1. The zero-order valence-electron chi connectivity index (χ0n) is 11.7. The summed E-state index contributed by atoms with van der Waals surface area (Å²) in [6.07, 6.45) is 1.32. The van der Waals surface area contributed by atoms with Crippen LogP contribution in [0, 0.1) is 11.8 Å². The molecule has 20 heavy (non-hydrogen) atoms. The first-order chi connectivity index (χ1) is 9.40. The normalized spacial score (nSPS) is 11.0. The topological polar surface area (TPSA) is 31.2 Å². The fourth-order valence-corrected chi connectivity index (χ4v) is 1.89. The summed E-state index contributed by atoms with van der Waals surface area (Å²) in [5.74, 6) is 6.07. The molecule has 0 atom stereocenters. The lowest BCUT2D eigenvalue weighted by Gasteiger charge is -2.19. The van der Waals surface area contributed by atoms with Gasteiger partial charge in [0, 0.05) is 17.1 Å². The highest BCUT2D eigenvalue weighted by Crippen LogP contribution is 2.19. The summed E-state index contributed by atoms with van der Waals surface area (Å²) < 4.78 is 6.86. The van der Waals surface area contributed by atoms with Crippen molar-refractivity contribution in [3.05, 3.63) is 36.0 Å². The summed E-state index contributed by atoms with van der Waals surface area (Å²) in [4.78, 5) is 12.1. The maximum absolute atomic E-state index is 12.1. The third-order valence-electron chi connectivity index (χ3n) is 2.58. The summed E-state index contributed by atoms with van der Waals surface area (Å²) >= 11 is 5.54. The van der Waals surface area contributed by atoms with Crippen LogP contribution in [0.25, 0.3) is 10.9 Å². The maximum Gasteiger partial charge on any atom is 0.418 e. The molecule has 1 aromatic carbocycles. The molecule has 104 valence electrons. The van der Waals surface area contributed by atoms with Gasteiger partial charge in [-0.2, -0.15) is 0 Å². The number of benzene rings is 1. The van der Waals surface area contributed by atoms with Gasteiger partial charge in [-0.1, -0.05) is 11.8 Å². The Morgan fingerprint density at radius 2 is 2.10 bits per heavy atom. The average Bonchev–Trinajstić information content (AvgIpc) is 2.77. The number of nitrogens with zero attached hydrogens (tertiary/aromatic N) is 1. The van der Waals surface area contributed by atoms with Crippen LogP contribution in [0.15, 0.2) is 30.5 Å². The lowest BCUT2D eigenvalue weighted by molar-refractivity contribution is 0.0544. The number of carbonyl (C=O) groups excluding carboxylic acids is 1. The molecular weight excluding hydrogens is 274 g/mol. The van der Waals surface area contributed by atoms with Crippen molar-refractivity contribution in [1.29, 1.82) is 0 Å². The average molecular weight is 290 g/mol. The van der Waals surface area contributed by atoms with Crippen molar-refractivity contribution in [2.45, 2.75) is 26.4 Å². The molecular formula is C16H16ClNO2. The number of ether oxygens (including phenoxy) is 1. The van der Waals surface area contributed by atoms with Crippen LogP contribution in [0.3, 0.4) is 0 Å². The van der Waals surface area contributed by atoms with E-state index in [9.17, 15) is 4.79 Å². The monoisotopic (exact) mass is 289 g/mol. The van der Waals surface area contributed by atoms with E-state index < -0.39 is 5.60 Å². The molecule has 0 radical (unpaired) electrons. The van der Waals surface area contributed by atoms with Crippen molar-refractivity contribution in [2.75, 3.05) is 5.88 Å². The highest BCUT2D eigenvalue weighted by atomic mass is 35.5. The minimum atomic E-state index is -0.514. The van der Waals surface area contributed by atoms with Crippen molar-refractivity contribution >= 4 is 28.6 Å². The van der Waals surface area contributed by atoms with Crippen molar-refractivity contribution in [3.63, 3.8) is 0 Å². The summed E-state index contributed by atoms with van der Waals surface area (Å²) in [5, 5.41) is 0.942. The summed E-state index contributed by atoms with van der Waals surface area (Å²) in [5.41, 5.74) is 1.16.